The van der Waals surface area contributed by atoms with Crippen LogP contribution in [0.3, 0.4) is 0 Å². The molecule has 0 fully saturated rings. The van der Waals surface area contributed by atoms with Crippen LogP contribution in [0.15, 0.2) is 35.7 Å². The van der Waals surface area contributed by atoms with Crippen molar-refractivity contribution in [2.24, 2.45) is 0 Å². The van der Waals surface area contributed by atoms with Gasteiger partial charge >= 0.3 is 0 Å². The fourth-order valence-electron chi connectivity index (χ4n) is 1.92. The van der Waals surface area contributed by atoms with Crippen LogP contribution in [0.2, 0.25) is 0 Å². The zero-order chi connectivity index (χ0) is 13.5. The van der Waals surface area contributed by atoms with Gasteiger partial charge in [-0.2, -0.15) is 0 Å². The standard InChI is InChI=1S/C15H19NO2S/c1-3-18-14-7-6-12(9-15(14)17-2)10-16-11-13-5-4-8-19-13/h4-9,16H,3,10-11H2,1-2H3/p+1. The van der Waals surface area contributed by atoms with Crippen LogP contribution < -0.4 is 14.8 Å². The maximum atomic E-state index is 5.51. The van der Waals surface area contributed by atoms with Gasteiger partial charge in [0.15, 0.2) is 11.5 Å². The van der Waals surface area contributed by atoms with E-state index in [9.17, 15) is 0 Å². The van der Waals surface area contributed by atoms with Crippen LogP contribution in [0, 0.1) is 0 Å². The normalized spacial score (nSPS) is 10.4. The molecule has 0 bridgehead atoms. The molecular formula is C15H20NO2S+. The molecule has 2 rings (SSSR count). The molecule has 0 spiro atoms. The molecule has 3 nitrogen and oxygen atoms in total. The van der Waals surface area contributed by atoms with Crippen molar-refractivity contribution in [3.63, 3.8) is 0 Å². The van der Waals surface area contributed by atoms with Gasteiger partial charge < -0.3 is 14.8 Å². The SMILES string of the molecule is CCOc1ccc(C[NH2+]Cc2cccs2)cc1OC. The Morgan fingerprint density at radius 1 is 1.16 bits per heavy atom. The van der Waals surface area contributed by atoms with Crippen LogP contribution in [-0.4, -0.2) is 13.7 Å². The zero-order valence-corrected chi connectivity index (χ0v) is 12.2. The summed E-state index contributed by atoms with van der Waals surface area (Å²) in [6, 6.07) is 10.4. The quantitative estimate of drug-likeness (QED) is 0.844. The molecule has 2 N–H and O–H groups in total. The monoisotopic (exact) mass is 278 g/mol. The smallest absolute Gasteiger partial charge is 0.161 e. The molecule has 1 aromatic heterocycles. The number of ether oxygens (including phenoxy) is 2. The molecule has 0 aliphatic carbocycles. The number of thiophene rings is 1. The number of benzene rings is 1. The molecule has 0 aliphatic heterocycles. The summed E-state index contributed by atoms with van der Waals surface area (Å²) >= 11 is 1.80. The first-order valence-electron chi connectivity index (χ1n) is 6.47. The lowest BCUT2D eigenvalue weighted by Crippen LogP contribution is -2.80. The minimum atomic E-state index is 0.653. The third-order valence-electron chi connectivity index (χ3n) is 2.83. The molecule has 0 saturated carbocycles. The van der Waals surface area contributed by atoms with Gasteiger partial charge in [0.2, 0.25) is 0 Å². The molecule has 102 valence electrons. The van der Waals surface area contributed by atoms with Crippen LogP contribution in [0.4, 0.5) is 0 Å². The molecule has 0 aliphatic rings. The Hall–Kier alpha value is -1.52. The fourth-order valence-corrected chi connectivity index (χ4v) is 2.63. The predicted octanol–water partition coefficient (Wildman–Crippen LogP) is 2.42. The van der Waals surface area contributed by atoms with Gasteiger partial charge in [0.1, 0.15) is 13.1 Å². The highest BCUT2D eigenvalue weighted by atomic mass is 32.1. The molecule has 1 aromatic carbocycles. The summed E-state index contributed by atoms with van der Waals surface area (Å²) in [6.45, 7) is 4.59. The summed E-state index contributed by atoms with van der Waals surface area (Å²) in [6.07, 6.45) is 0. The van der Waals surface area contributed by atoms with Crippen molar-refractivity contribution in [3.8, 4) is 11.5 Å². The van der Waals surface area contributed by atoms with E-state index < -0.39 is 0 Å². The highest BCUT2D eigenvalue weighted by molar-refractivity contribution is 7.09. The highest BCUT2D eigenvalue weighted by Crippen LogP contribution is 2.27. The van der Waals surface area contributed by atoms with E-state index in [1.54, 1.807) is 18.4 Å². The Morgan fingerprint density at radius 3 is 2.74 bits per heavy atom. The van der Waals surface area contributed by atoms with E-state index in [-0.39, 0.29) is 0 Å². The number of hydrogen-bond acceptors (Lipinski definition) is 3. The van der Waals surface area contributed by atoms with Crippen molar-refractivity contribution in [1.29, 1.82) is 0 Å². The van der Waals surface area contributed by atoms with E-state index in [1.165, 1.54) is 10.4 Å². The van der Waals surface area contributed by atoms with Gasteiger partial charge in [0, 0.05) is 5.56 Å². The first-order valence-corrected chi connectivity index (χ1v) is 7.35. The number of nitrogens with two attached hydrogens (primary N) is 1. The van der Waals surface area contributed by atoms with Crippen molar-refractivity contribution in [1.82, 2.24) is 0 Å². The fraction of sp³-hybridized carbons (Fsp3) is 0.333. The first kappa shape index (κ1) is 13.9. The molecule has 4 heteroatoms. The van der Waals surface area contributed by atoms with Crippen molar-refractivity contribution in [3.05, 3.63) is 46.2 Å². The second-order valence-corrected chi connectivity index (χ2v) is 5.23. The Balaban J connectivity index is 1.93. The van der Waals surface area contributed by atoms with E-state index >= 15 is 0 Å². The number of quaternary nitrogens is 1. The number of hydrogen-bond donors (Lipinski definition) is 1. The van der Waals surface area contributed by atoms with Gasteiger partial charge in [-0.05, 0) is 36.6 Å². The van der Waals surface area contributed by atoms with Gasteiger partial charge in [0.25, 0.3) is 0 Å². The second-order valence-electron chi connectivity index (χ2n) is 4.19. The minimum absolute atomic E-state index is 0.653. The average Bonchev–Trinajstić information content (AvgIpc) is 2.94. The molecule has 2 aromatic rings. The molecule has 0 unspecified atom stereocenters. The van der Waals surface area contributed by atoms with E-state index in [4.69, 9.17) is 9.47 Å². The molecule has 19 heavy (non-hydrogen) atoms. The Labute approximate surface area is 118 Å². The summed E-state index contributed by atoms with van der Waals surface area (Å²) in [5.74, 6) is 1.62. The van der Waals surface area contributed by atoms with E-state index in [1.807, 2.05) is 13.0 Å². The Bertz CT molecular complexity index is 497. The summed E-state index contributed by atoms with van der Waals surface area (Å²) in [7, 11) is 1.68. The van der Waals surface area contributed by atoms with Gasteiger partial charge in [-0.3, -0.25) is 0 Å². The topological polar surface area (TPSA) is 35.1 Å². The van der Waals surface area contributed by atoms with Gasteiger partial charge in [0.05, 0.1) is 18.6 Å². The Morgan fingerprint density at radius 2 is 2.05 bits per heavy atom. The second kappa shape index (κ2) is 7.16. The van der Waals surface area contributed by atoms with Crippen molar-refractivity contribution in [2.45, 2.75) is 20.0 Å². The van der Waals surface area contributed by atoms with Gasteiger partial charge in [-0.1, -0.05) is 6.07 Å². The van der Waals surface area contributed by atoms with Crippen LogP contribution in [0.1, 0.15) is 17.4 Å². The van der Waals surface area contributed by atoms with E-state index in [2.05, 4.69) is 35.0 Å². The maximum Gasteiger partial charge on any atom is 0.161 e. The number of methoxy groups -OCH3 is 1. The lowest BCUT2D eigenvalue weighted by atomic mass is 10.2. The van der Waals surface area contributed by atoms with Crippen molar-refractivity contribution < 1.29 is 14.8 Å². The highest BCUT2D eigenvalue weighted by Gasteiger charge is 2.06. The average molecular weight is 278 g/mol. The zero-order valence-electron chi connectivity index (χ0n) is 11.4. The lowest BCUT2D eigenvalue weighted by molar-refractivity contribution is -0.685. The third-order valence-corrected chi connectivity index (χ3v) is 3.73. The molecular weight excluding hydrogens is 258 g/mol. The minimum Gasteiger partial charge on any atom is -0.493 e. The van der Waals surface area contributed by atoms with E-state index in [0.29, 0.717) is 6.61 Å². The predicted molar refractivity (Wildman–Crippen MR) is 77.8 cm³/mol. The lowest BCUT2D eigenvalue weighted by Gasteiger charge is -2.10. The molecule has 0 radical (unpaired) electrons. The van der Waals surface area contributed by atoms with E-state index in [0.717, 1.165) is 24.6 Å². The van der Waals surface area contributed by atoms with Crippen molar-refractivity contribution in [2.75, 3.05) is 13.7 Å². The summed E-state index contributed by atoms with van der Waals surface area (Å²) in [4.78, 5) is 1.40. The summed E-state index contributed by atoms with van der Waals surface area (Å²) in [5, 5.41) is 4.41. The summed E-state index contributed by atoms with van der Waals surface area (Å²) < 4.78 is 10.9. The van der Waals surface area contributed by atoms with Crippen molar-refractivity contribution >= 4 is 11.3 Å². The molecule has 0 atom stereocenters. The maximum absolute atomic E-state index is 5.51. The van der Waals surface area contributed by atoms with Crippen LogP contribution in [0.25, 0.3) is 0 Å². The third kappa shape index (κ3) is 3.98. The summed E-state index contributed by atoms with van der Waals surface area (Å²) in [5.41, 5.74) is 1.25. The van der Waals surface area contributed by atoms with Crippen LogP contribution in [-0.2, 0) is 13.1 Å². The van der Waals surface area contributed by atoms with Crippen LogP contribution >= 0.6 is 11.3 Å². The first-order chi connectivity index (χ1) is 9.33. The van der Waals surface area contributed by atoms with Gasteiger partial charge in [-0.25, -0.2) is 0 Å². The largest absolute Gasteiger partial charge is 0.493 e. The number of rotatable bonds is 7. The molecule has 0 amide bonds. The molecule has 0 saturated heterocycles. The Kier molecular flexibility index (Phi) is 5.24. The van der Waals surface area contributed by atoms with Crippen LogP contribution in [0.5, 0.6) is 11.5 Å². The molecule has 1 heterocycles. The van der Waals surface area contributed by atoms with Gasteiger partial charge in [-0.15, -0.1) is 11.3 Å².